The Morgan fingerprint density at radius 2 is 2.12 bits per heavy atom. The standard InChI is InChI=1S/C22H19N5O5/c1-32-10-8-20(28)24-16-3-2-4-17(12-16)26-13-19(21(25-26)27(30)31)14-5-6-18-15(11-14)7-9-23-22(18)29/h2-6,8,10-13H,7,9H2,1H3,(H,23,29)(H,24,28)/b10-8+. The van der Waals surface area contributed by atoms with Crippen molar-refractivity contribution in [1.82, 2.24) is 15.1 Å². The van der Waals surface area contributed by atoms with Crippen LogP contribution in [0.1, 0.15) is 15.9 Å². The molecule has 2 N–H and O–H groups in total. The van der Waals surface area contributed by atoms with Crippen molar-refractivity contribution in [3.05, 3.63) is 82.2 Å². The largest absolute Gasteiger partial charge is 0.504 e. The molecule has 162 valence electrons. The molecule has 2 heterocycles. The molecule has 0 saturated heterocycles. The number of benzene rings is 2. The summed E-state index contributed by atoms with van der Waals surface area (Å²) in [6, 6.07) is 11.9. The number of carbonyl (C=O) groups is 2. The average Bonchev–Trinajstić information content (AvgIpc) is 3.24. The minimum atomic E-state index is -0.542. The minimum absolute atomic E-state index is 0.151. The second kappa shape index (κ2) is 8.72. The SMILES string of the molecule is CO/C=C/C(=O)Nc1cccc(-n2cc(-c3ccc4c(c3)CCNC4=O)c([N+](=O)[O-])n2)c1. The van der Waals surface area contributed by atoms with E-state index in [1.54, 1.807) is 48.7 Å². The van der Waals surface area contributed by atoms with Gasteiger partial charge in [0.2, 0.25) is 0 Å². The van der Waals surface area contributed by atoms with Crippen molar-refractivity contribution >= 4 is 23.3 Å². The molecule has 10 nitrogen and oxygen atoms in total. The summed E-state index contributed by atoms with van der Waals surface area (Å²) in [7, 11) is 1.43. The zero-order valence-electron chi connectivity index (χ0n) is 17.1. The number of rotatable bonds is 6. The van der Waals surface area contributed by atoms with E-state index in [1.165, 1.54) is 24.1 Å². The molecule has 0 atom stereocenters. The molecule has 0 fully saturated rings. The Kier molecular flexibility index (Phi) is 5.67. The van der Waals surface area contributed by atoms with Crippen LogP contribution in [-0.2, 0) is 16.0 Å². The predicted octanol–water partition coefficient (Wildman–Crippen LogP) is 2.83. The third kappa shape index (κ3) is 4.19. The maximum atomic E-state index is 12.0. The van der Waals surface area contributed by atoms with Crippen LogP contribution < -0.4 is 10.6 Å². The summed E-state index contributed by atoms with van der Waals surface area (Å²) in [5.41, 5.74) is 3.37. The van der Waals surface area contributed by atoms with Crippen LogP contribution >= 0.6 is 0 Å². The monoisotopic (exact) mass is 433 g/mol. The van der Waals surface area contributed by atoms with Gasteiger partial charge in [0.15, 0.2) is 0 Å². The maximum Gasteiger partial charge on any atom is 0.398 e. The first-order valence-electron chi connectivity index (χ1n) is 9.72. The summed E-state index contributed by atoms with van der Waals surface area (Å²) < 4.78 is 6.11. The van der Waals surface area contributed by atoms with Gasteiger partial charge in [0.1, 0.15) is 5.56 Å². The first kappa shape index (κ1) is 20.8. The molecule has 1 aliphatic heterocycles. The Labute approximate surface area is 182 Å². The van der Waals surface area contributed by atoms with E-state index in [-0.39, 0.29) is 17.6 Å². The summed E-state index contributed by atoms with van der Waals surface area (Å²) >= 11 is 0. The van der Waals surface area contributed by atoms with Crippen molar-refractivity contribution in [2.24, 2.45) is 0 Å². The highest BCUT2D eigenvalue weighted by atomic mass is 16.6. The van der Waals surface area contributed by atoms with E-state index in [2.05, 4.69) is 15.7 Å². The molecule has 0 spiro atoms. The molecule has 2 aromatic carbocycles. The van der Waals surface area contributed by atoms with Gasteiger partial charge in [-0.25, -0.2) is 0 Å². The summed E-state index contributed by atoms with van der Waals surface area (Å²) in [6.45, 7) is 0.523. The van der Waals surface area contributed by atoms with Gasteiger partial charge in [-0.2, -0.15) is 0 Å². The molecule has 1 aromatic heterocycles. The zero-order valence-corrected chi connectivity index (χ0v) is 17.1. The van der Waals surface area contributed by atoms with Gasteiger partial charge in [-0.15, -0.1) is 4.68 Å². The predicted molar refractivity (Wildman–Crippen MR) is 116 cm³/mol. The first-order valence-corrected chi connectivity index (χ1v) is 9.72. The number of hydrogen-bond donors (Lipinski definition) is 2. The number of anilines is 1. The summed E-state index contributed by atoms with van der Waals surface area (Å²) in [6.07, 6.45) is 4.70. The molecule has 0 aliphatic carbocycles. The lowest BCUT2D eigenvalue weighted by molar-refractivity contribution is -0.389. The smallest absolute Gasteiger partial charge is 0.398 e. The van der Waals surface area contributed by atoms with Crippen molar-refractivity contribution < 1.29 is 19.2 Å². The number of nitrogens with one attached hydrogen (secondary N) is 2. The zero-order chi connectivity index (χ0) is 22.7. The third-order valence-electron chi connectivity index (χ3n) is 4.94. The highest BCUT2D eigenvalue weighted by Crippen LogP contribution is 2.32. The molecule has 3 aromatic rings. The lowest BCUT2D eigenvalue weighted by Gasteiger charge is -2.16. The molecule has 32 heavy (non-hydrogen) atoms. The summed E-state index contributed by atoms with van der Waals surface area (Å²) in [5.74, 6) is -0.834. The highest BCUT2D eigenvalue weighted by Gasteiger charge is 2.25. The van der Waals surface area contributed by atoms with Crippen molar-refractivity contribution in [2.75, 3.05) is 19.0 Å². The Bertz CT molecular complexity index is 1250. The third-order valence-corrected chi connectivity index (χ3v) is 4.94. The van der Waals surface area contributed by atoms with E-state index in [9.17, 15) is 19.7 Å². The van der Waals surface area contributed by atoms with Gasteiger partial charge in [0, 0.05) is 23.9 Å². The summed E-state index contributed by atoms with van der Waals surface area (Å²) in [5, 5.41) is 21.3. The Morgan fingerprint density at radius 3 is 2.91 bits per heavy atom. The molecule has 0 radical (unpaired) electrons. The second-order valence-electron chi connectivity index (χ2n) is 7.02. The van der Waals surface area contributed by atoms with Gasteiger partial charge in [-0.3, -0.25) is 9.59 Å². The normalized spacial score (nSPS) is 12.8. The van der Waals surface area contributed by atoms with E-state index in [1.807, 2.05) is 0 Å². The fourth-order valence-electron chi connectivity index (χ4n) is 3.47. The number of nitrogens with zero attached hydrogens (tertiary/aromatic N) is 3. The average molecular weight is 433 g/mol. The number of aromatic nitrogens is 2. The van der Waals surface area contributed by atoms with Crippen LogP contribution in [-0.4, -0.2) is 40.2 Å². The molecule has 1 aliphatic rings. The maximum absolute atomic E-state index is 12.0. The molecule has 4 rings (SSSR count). The Hall–Kier alpha value is -4.47. The van der Waals surface area contributed by atoms with Crippen molar-refractivity contribution in [2.45, 2.75) is 6.42 Å². The number of methoxy groups -OCH3 is 1. The van der Waals surface area contributed by atoms with Crippen molar-refractivity contribution in [3.8, 4) is 16.8 Å². The number of hydrogen-bond acceptors (Lipinski definition) is 6. The number of amides is 2. The number of ether oxygens (including phenoxy) is 1. The number of carbonyl (C=O) groups excluding carboxylic acids is 2. The van der Waals surface area contributed by atoms with E-state index in [0.717, 1.165) is 5.56 Å². The first-order chi connectivity index (χ1) is 15.5. The molecule has 10 heteroatoms. The molecule has 2 amide bonds. The van der Waals surface area contributed by atoms with Gasteiger partial charge in [-0.1, -0.05) is 12.1 Å². The fourth-order valence-corrected chi connectivity index (χ4v) is 3.47. The highest BCUT2D eigenvalue weighted by molar-refractivity contribution is 5.99. The van der Waals surface area contributed by atoms with E-state index in [4.69, 9.17) is 4.74 Å². The molecule has 0 bridgehead atoms. The molecule has 0 unspecified atom stereocenters. The molecular formula is C22H19N5O5. The van der Waals surface area contributed by atoms with Crippen LogP contribution in [0.4, 0.5) is 11.5 Å². The fraction of sp³-hybridized carbons (Fsp3) is 0.136. The van der Waals surface area contributed by atoms with Gasteiger partial charge >= 0.3 is 5.82 Å². The van der Waals surface area contributed by atoms with Gasteiger partial charge in [0.05, 0.1) is 30.4 Å². The number of nitro groups is 1. The van der Waals surface area contributed by atoms with Crippen molar-refractivity contribution in [3.63, 3.8) is 0 Å². The second-order valence-corrected chi connectivity index (χ2v) is 7.02. The van der Waals surface area contributed by atoms with Crippen LogP contribution in [0.2, 0.25) is 0 Å². The van der Waals surface area contributed by atoms with Crippen LogP contribution in [0, 0.1) is 10.1 Å². The van der Waals surface area contributed by atoms with E-state index >= 15 is 0 Å². The Balaban J connectivity index is 1.70. The minimum Gasteiger partial charge on any atom is -0.504 e. The Morgan fingerprint density at radius 1 is 1.28 bits per heavy atom. The van der Waals surface area contributed by atoms with E-state index < -0.39 is 4.92 Å². The van der Waals surface area contributed by atoms with Crippen LogP contribution in [0.5, 0.6) is 0 Å². The van der Waals surface area contributed by atoms with Crippen molar-refractivity contribution in [1.29, 1.82) is 0 Å². The quantitative estimate of drug-likeness (QED) is 0.266. The topological polar surface area (TPSA) is 128 Å². The molecular weight excluding hydrogens is 414 g/mol. The van der Waals surface area contributed by atoms with Crippen LogP contribution in [0.3, 0.4) is 0 Å². The van der Waals surface area contributed by atoms with Gasteiger partial charge in [0.25, 0.3) is 11.8 Å². The lowest BCUT2D eigenvalue weighted by atomic mass is 9.96. The number of fused-ring (bicyclic) bond motifs is 1. The van der Waals surface area contributed by atoms with Gasteiger partial charge < -0.3 is 25.5 Å². The summed E-state index contributed by atoms with van der Waals surface area (Å²) in [4.78, 5) is 35.0. The molecule has 0 saturated carbocycles. The van der Waals surface area contributed by atoms with Crippen LogP contribution in [0.25, 0.3) is 16.8 Å². The van der Waals surface area contributed by atoms with E-state index in [0.29, 0.717) is 41.0 Å². The lowest BCUT2D eigenvalue weighted by Crippen LogP contribution is -2.31. The van der Waals surface area contributed by atoms with Crippen LogP contribution in [0.15, 0.2) is 61.0 Å². The van der Waals surface area contributed by atoms with Gasteiger partial charge in [-0.05, 0) is 52.8 Å².